The number of rotatable bonds is 2. The molecular weight excluding hydrogens is 252 g/mol. The third-order valence-electron chi connectivity index (χ3n) is 2.24. The quantitative estimate of drug-likeness (QED) is 0.465. The molecule has 2 rings (SSSR count). The summed E-state index contributed by atoms with van der Waals surface area (Å²) in [7, 11) is 0. The number of nitrogens with one attached hydrogen (secondary N) is 4. The lowest BCUT2D eigenvalue weighted by molar-refractivity contribution is 0.928. The lowest BCUT2D eigenvalue weighted by Crippen LogP contribution is -1.84. The maximum Gasteiger partial charge on any atom is 0.211 e. The molecule has 2 aromatic carbocycles. The van der Waals surface area contributed by atoms with E-state index in [9.17, 15) is 0 Å². The largest absolute Gasteiger partial charge is 0.211 e. The molecule has 0 unspecified atom stereocenters. The lowest BCUT2D eigenvalue weighted by Gasteiger charge is -2.04. The van der Waals surface area contributed by atoms with Crippen LogP contribution in [-0.4, -0.2) is 0 Å². The van der Waals surface area contributed by atoms with Crippen LogP contribution in [0.3, 0.4) is 0 Å². The first-order valence-corrected chi connectivity index (χ1v) is 5.57. The highest BCUT2D eigenvalue weighted by Crippen LogP contribution is 2.20. The molecule has 0 amide bonds. The minimum absolute atomic E-state index is 1.08. The van der Waals surface area contributed by atoms with E-state index in [0.29, 0.717) is 0 Å². The zero-order valence-electron chi connectivity index (χ0n) is 10.9. The molecule has 100 valence electrons. The van der Waals surface area contributed by atoms with Crippen molar-refractivity contribution >= 4 is 5.57 Å². The molecule has 0 aliphatic rings. The Labute approximate surface area is 116 Å². The van der Waals surface area contributed by atoms with Crippen molar-refractivity contribution in [3.05, 3.63) is 78.4 Å². The van der Waals surface area contributed by atoms with Crippen LogP contribution in [0.2, 0.25) is 0 Å². The molecule has 6 nitrogen and oxygen atoms in total. The van der Waals surface area contributed by atoms with Crippen LogP contribution in [0.25, 0.3) is 5.57 Å². The van der Waals surface area contributed by atoms with Gasteiger partial charge in [0.05, 0.1) is 0 Å². The smallest absolute Gasteiger partial charge is 0.0906 e. The minimum atomic E-state index is 1.08. The van der Waals surface area contributed by atoms with E-state index in [4.69, 9.17) is 22.1 Å². The van der Waals surface area contributed by atoms with Gasteiger partial charge in [-0.05, 0) is 16.7 Å². The van der Waals surface area contributed by atoms with E-state index < -0.39 is 0 Å². The van der Waals surface area contributed by atoms with Crippen LogP contribution in [-0.2, 0) is 0 Å². The van der Waals surface area contributed by atoms with Crippen molar-refractivity contribution in [1.82, 2.24) is 9.82 Å². The molecule has 0 saturated heterocycles. The van der Waals surface area contributed by atoms with Gasteiger partial charge in [0, 0.05) is 0 Å². The van der Waals surface area contributed by atoms with Crippen LogP contribution in [0, 0.1) is 22.1 Å². The molecular formula is C14H16N6+2. The van der Waals surface area contributed by atoms with Gasteiger partial charge in [-0.2, -0.15) is 0 Å². The molecule has 0 aliphatic heterocycles. The van der Waals surface area contributed by atoms with Gasteiger partial charge in [-0.15, -0.1) is 0 Å². The first-order valence-electron chi connectivity index (χ1n) is 5.57. The van der Waals surface area contributed by atoms with Gasteiger partial charge in [0.2, 0.25) is 9.82 Å². The van der Waals surface area contributed by atoms with Crippen molar-refractivity contribution in [3.8, 4) is 0 Å². The van der Waals surface area contributed by atoms with Crippen molar-refractivity contribution in [3.63, 3.8) is 0 Å². The molecule has 4 N–H and O–H groups in total. The average Bonchev–Trinajstić information content (AvgIpc) is 2.50. The van der Waals surface area contributed by atoms with E-state index in [1.54, 1.807) is 0 Å². The van der Waals surface area contributed by atoms with Gasteiger partial charge in [-0.1, -0.05) is 67.2 Å². The highest BCUT2D eigenvalue weighted by atomic mass is 15.0. The fourth-order valence-corrected chi connectivity index (χ4v) is 1.45. The van der Waals surface area contributed by atoms with Crippen LogP contribution in [0.5, 0.6) is 0 Å². The predicted octanol–water partition coefficient (Wildman–Crippen LogP) is 3.98. The van der Waals surface area contributed by atoms with E-state index >= 15 is 0 Å². The van der Waals surface area contributed by atoms with Crippen molar-refractivity contribution in [1.29, 1.82) is 22.1 Å². The maximum absolute atomic E-state index is 5.50. The molecule has 20 heavy (non-hydrogen) atoms. The Hall–Kier alpha value is -3.20. The summed E-state index contributed by atoms with van der Waals surface area (Å²) in [4.78, 5) is 4.00. The Morgan fingerprint density at radius 2 is 0.900 bits per heavy atom. The summed E-state index contributed by atoms with van der Waals surface area (Å²) < 4.78 is 0. The SMILES string of the molecule is C=C(c1ccccc1)c1ccccc1.N=[N+]=N.N=[N+]=N. The highest BCUT2D eigenvalue weighted by Gasteiger charge is 1.99. The van der Waals surface area contributed by atoms with Gasteiger partial charge >= 0.3 is 0 Å². The summed E-state index contributed by atoms with van der Waals surface area (Å²) in [6, 6.07) is 20.5. The van der Waals surface area contributed by atoms with Crippen LogP contribution in [0.15, 0.2) is 67.2 Å². The topological polar surface area (TPSA) is 124 Å². The van der Waals surface area contributed by atoms with Crippen molar-refractivity contribution in [2.24, 2.45) is 0 Å². The summed E-state index contributed by atoms with van der Waals surface area (Å²) in [5, 5.41) is 0. The van der Waals surface area contributed by atoms with Crippen molar-refractivity contribution < 1.29 is 0 Å². The second-order valence-corrected chi connectivity index (χ2v) is 3.43. The Bertz CT molecular complexity index is 526. The molecule has 2 aromatic rings. The van der Waals surface area contributed by atoms with Gasteiger partial charge in [-0.3, -0.25) is 0 Å². The zero-order chi connectivity index (χ0) is 15.2. The second kappa shape index (κ2) is 10.9. The third-order valence-corrected chi connectivity index (χ3v) is 2.24. The summed E-state index contributed by atoms with van der Waals surface area (Å²) >= 11 is 0. The highest BCUT2D eigenvalue weighted by molar-refractivity contribution is 5.77. The van der Waals surface area contributed by atoms with Gasteiger partial charge < -0.3 is 0 Å². The number of benzene rings is 2. The van der Waals surface area contributed by atoms with E-state index in [0.717, 1.165) is 5.57 Å². The van der Waals surface area contributed by atoms with E-state index in [1.807, 2.05) is 46.2 Å². The minimum Gasteiger partial charge on any atom is -0.0906 e. The number of nitrogens with zero attached hydrogens (tertiary/aromatic N) is 2. The van der Waals surface area contributed by atoms with Gasteiger partial charge in [0.25, 0.3) is 0 Å². The molecule has 0 aliphatic carbocycles. The third kappa shape index (κ3) is 6.51. The van der Waals surface area contributed by atoms with Gasteiger partial charge in [0.1, 0.15) is 22.1 Å². The Morgan fingerprint density at radius 3 is 1.15 bits per heavy atom. The molecule has 0 saturated carbocycles. The molecule has 0 radical (unpaired) electrons. The summed E-state index contributed by atoms with van der Waals surface area (Å²) in [6.45, 7) is 4.10. The van der Waals surface area contributed by atoms with E-state index in [2.05, 4.69) is 30.8 Å². The van der Waals surface area contributed by atoms with Crippen LogP contribution >= 0.6 is 0 Å². The monoisotopic (exact) mass is 268 g/mol. The standard InChI is InChI=1S/C14H12.2H2N3/c1-12(13-8-4-2-5-9-13)14-10-6-3-7-11-14;2*1-3-2/h2-11H,1H2;2*1-2H/q;2*+1. The van der Waals surface area contributed by atoms with Gasteiger partial charge in [-0.25, -0.2) is 0 Å². The molecule has 6 heteroatoms. The zero-order valence-corrected chi connectivity index (χ0v) is 10.9. The number of hydrogen-bond donors (Lipinski definition) is 4. The maximum atomic E-state index is 5.50. The molecule has 0 bridgehead atoms. The van der Waals surface area contributed by atoms with Crippen LogP contribution < -0.4 is 9.82 Å². The molecule has 0 aromatic heterocycles. The normalized spacial score (nSPS) is 7.60. The fraction of sp³-hybridized carbons (Fsp3) is 0. The summed E-state index contributed by atoms with van der Waals surface area (Å²) in [5.41, 5.74) is 25.4. The molecule has 0 spiro atoms. The average molecular weight is 268 g/mol. The van der Waals surface area contributed by atoms with Gasteiger partial charge in [0.15, 0.2) is 0 Å². The summed E-state index contributed by atoms with van der Waals surface area (Å²) in [5.74, 6) is 0. The summed E-state index contributed by atoms with van der Waals surface area (Å²) in [6.07, 6.45) is 0. The molecule has 0 heterocycles. The molecule has 0 atom stereocenters. The first-order chi connectivity index (χ1) is 9.71. The van der Waals surface area contributed by atoms with E-state index in [-0.39, 0.29) is 0 Å². The first kappa shape index (κ1) is 16.8. The van der Waals surface area contributed by atoms with Crippen LogP contribution in [0.1, 0.15) is 11.1 Å². The van der Waals surface area contributed by atoms with E-state index in [1.165, 1.54) is 11.1 Å². The predicted molar refractivity (Wildman–Crippen MR) is 76.2 cm³/mol. The molecule has 0 fully saturated rings. The van der Waals surface area contributed by atoms with Crippen LogP contribution in [0.4, 0.5) is 0 Å². The fourth-order valence-electron chi connectivity index (χ4n) is 1.45. The van der Waals surface area contributed by atoms with Crippen molar-refractivity contribution in [2.45, 2.75) is 0 Å². The Morgan fingerprint density at radius 1 is 0.650 bits per heavy atom. The Kier molecular flexibility index (Phi) is 9.18. The van der Waals surface area contributed by atoms with Crippen molar-refractivity contribution in [2.75, 3.05) is 0 Å². The Balaban J connectivity index is 0.000000520. The lowest BCUT2D eigenvalue weighted by atomic mass is 10.0. The number of hydrogen-bond acceptors (Lipinski definition) is 4. The second-order valence-electron chi connectivity index (χ2n) is 3.43.